The molecule has 0 aromatic heterocycles. The highest BCUT2D eigenvalue weighted by atomic mass is 16.4. The Balaban J connectivity index is 2.81. The summed E-state index contributed by atoms with van der Waals surface area (Å²) in [7, 11) is 1.69. The van der Waals surface area contributed by atoms with Gasteiger partial charge in [-0.2, -0.15) is 0 Å². The molecule has 15 heavy (non-hydrogen) atoms. The van der Waals surface area contributed by atoms with Gasteiger partial charge in [-0.25, -0.2) is 9.59 Å². The Labute approximate surface area is 89.7 Å². The van der Waals surface area contributed by atoms with E-state index in [1.165, 1.54) is 4.90 Å². The van der Waals surface area contributed by atoms with Crippen LogP contribution in [-0.2, 0) is 4.79 Å². The molecule has 1 heterocycles. The van der Waals surface area contributed by atoms with E-state index < -0.39 is 12.0 Å². The van der Waals surface area contributed by atoms with Crippen molar-refractivity contribution in [1.29, 1.82) is 0 Å². The molecule has 1 fully saturated rings. The van der Waals surface area contributed by atoms with Crippen LogP contribution in [0.25, 0.3) is 0 Å². The van der Waals surface area contributed by atoms with Gasteiger partial charge in [-0.15, -0.1) is 0 Å². The summed E-state index contributed by atoms with van der Waals surface area (Å²) in [5.41, 5.74) is 0. The first-order chi connectivity index (χ1) is 6.99. The maximum atomic E-state index is 11.7. The Hall–Kier alpha value is -1.26. The van der Waals surface area contributed by atoms with Gasteiger partial charge in [0.05, 0.1) is 0 Å². The number of carbonyl (C=O) groups is 2. The highest BCUT2D eigenvalue weighted by Gasteiger charge is 2.38. The molecule has 1 rings (SSSR count). The summed E-state index contributed by atoms with van der Waals surface area (Å²) in [5, 5.41) is 9.13. The van der Waals surface area contributed by atoms with Crippen LogP contribution in [-0.4, -0.2) is 53.1 Å². The first kappa shape index (κ1) is 11.8. The van der Waals surface area contributed by atoms with Crippen molar-refractivity contribution in [2.75, 3.05) is 20.1 Å². The Kier molecular flexibility index (Phi) is 3.55. The van der Waals surface area contributed by atoms with Crippen molar-refractivity contribution >= 4 is 12.0 Å². The minimum Gasteiger partial charge on any atom is -0.480 e. The number of carbonyl (C=O) groups excluding carboxylic acids is 1. The molecule has 0 bridgehead atoms. The molecule has 0 aliphatic carbocycles. The lowest BCUT2D eigenvalue weighted by Crippen LogP contribution is -2.47. The highest BCUT2D eigenvalue weighted by Crippen LogP contribution is 2.19. The van der Waals surface area contributed by atoms with Gasteiger partial charge in [0.1, 0.15) is 6.04 Å². The number of rotatable bonds is 4. The second kappa shape index (κ2) is 4.51. The number of hydrogen-bond acceptors (Lipinski definition) is 2. The van der Waals surface area contributed by atoms with Gasteiger partial charge in [0.25, 0.3) is 0 Å². The fourth-order valence-corrected chi connectivity index (χ4v) is 1.83. The van der Waals surface area contributed by atoms with Crippen LogP contribution in [0.5, 0.6) is 0 Å². The second-order valence-electron chi connectivity index (χ2n) is 4.07. The topological polar surface area (TPSA) is 60.9 Å². The molecule has 1 saturated heterocycles. The van der Waals surface area contributed by atoms with Crippen LogP contribution in [0.2, 0.25) is 0 Å². The summed E-state index contributed by atoms with van der Waals surface area (Å²) in [6.07, 6.45) is 0.754. The van der Waals surface area contributed by atoms with Crippen molar-refractivity contribution < 1.29 is 14.7 Å². The maximum Gasteiger partial charge on any atom is 0.326 e. The molecular formula is C10H18N2O3. The smallest absolute Gasteiger partial charge is 0.326 e. The molecule has 5 nitrogen and oxygen atoms in total. The molecule has 1 aliphatic rings. The number of likely N-dealkylation sites (N-methyl/N-ethyl adjacent to an activating group) is 1. The van der Waals surface area contributed by atoms with E-state index in [2.05, 4.69) is 0 Å². The third-order valence-corrected chi connectivity index (χ3v) is 3.02. The molecule has 0 radical (unpaired) electrons. The van der Waals surface area contributed by atoms with Gasteiger partial charge in [-0.3, -0.25) is 0 Å². The largest absolute Gasteiger partial charge is 0.480 e. The fourth-order valence-electron chi connectivity index (χ4n) is 1.83. The van der Waals surface area contributed by atoms with Crippen molar-refractivity contribution in [3.63, 3.8) is 0 Å². The second-order valence-corrected chi connectivity index (χ2v) is 4.07. The number of amides is 2. The van der Waals surface area contributed by atoms with E-state index in [1.54, 1.807) is 11.9 Å². The summed E-state index contributed by atoms with van der Waals surface area (Å²) in [4.78, 5) is 25.8. The van der Waals surface area contributed by atoms with Crippen LogP contribution in [0.1, 0.15) is 20.3 Å². The molecule has 0 aromatic carbocycles. The van der Waals surface area contributed by atoms with E-state index in [-0.39, 0.29) is 11.9 Å². The quantitative estimate of drug-likeness (QED) is 0.754. The van der Waals surface area contributed by atoms with Gasteiger partial charge in [-0.05, 0) is 5.92 Å². The van der Waals surface area contributed by atoms with Crippen LogP contribution >= 0.6 is 0 Å². The van der Waals surface area contributed by atoms with E-state index >= 15 is 0 Å². The molecule has 2 amide bonds. The number of hydrogen-bond donors (Lipinski definition) is 1. The number of carboxylic acids is 1. The van der Waals surface area contributed by atoms with Crippen LogP contribution in [0.3, 0.4) is 0 Å². The summed E-state index contributed by atoms with van der Waals surface area (Å²) in [6.45, 7) is 4.92. The zero-order valence-electron chi connectivity index (χ0n) is 9.43. The average Bonchev–Trinajstić information content (AvgIpc) is 2.49. The van der Waals surface area contributed by atoms with Gasteiger partial charge in [0.15, 0.2) is 0 Å². The van der Waals surface area contributed by atoms with E-state index in [9.17, 15) is 9.59 Å². The third kappa shape index (κ3) is 2.22. The van der Waals surface area contributed by atoms with E-state index in [0.717, 1.165) is 6.42 Å². The zero-order chi connectivity index (χ0) is 11.6. The highest BCUT2D eigenvalue weighted by molar-refractivity contribution is 5.84. The van der Waals surface area contributed by atoms with Crippen LogP contribution in [0, 0.1) is 5.92 Å². The summed E-state index contributed by atoms with van der Waals surface area (Å²) in [6, 6.07) is -0.866. The lowest BCUT2D eigenvalue weighted by Gasteiger charge is -2.28. The van der Waals surface area contributed by atoms with Crippen molar-refractivity contribution in [3.05, 3.63) is 0 Å². The van der Waals surface area contributed by atoms with Crippen molar-refractivity contribution in [2.45, 2.75) is 26.3 Å². The SMILES string of the molecule is CC[C@H](C)[C@@H](C(=O)O)N1CCN(C)C1=O. The van der Waals surface area contributed by atoms with Crippen molar-refractivity contribution in [3.8, 4) is 0 Å². The molecule has 86 valence electrons. The van der Waals surface area contributed by atoms with Gasteiger partial charge in [0.2, 0.25) is 0 Å². The zero-order valence-corrected chi connectivity index (χ0v) is 9.43. The molecular weight excluding hydrogens is 196 g/mol. The van der Waals surface area contributed by atoms with Crippen LogP contribution in [0.4, 0.5) is 4.79 Å². The monoisotopic (exact) mass is 214 g/mol. The van der Waals surface area contributed by atoms with Crippen LogP contribution in [0.15, 0.2) is 0 Å². The number of urea groups is 1. The number of carboxylic acid groups (broad SMARTS) is 1. The minimum absolute atomic E-state index is 0.0158. The van der Waals surface area contributed by atoms with Crippen LogP contribution < -0.4 is 0 Å². The molecule has 2 atom stereocenters. The normalized spacial score (nSPS) is 20.6. The van der Waals surface area contributed by atoms with Crippen molar-refractivity contribution in [2.24, 2.45) is 5.92 Å². The summed E-state index contributed by atoms with van der Waals surface area (Å²) < 4.78 is 0. The Morgan fingerprint density at radius 1 is 1.53 bits per heavy atom. The Morgan fingerprint density at radius 2 is 2.13 bits per heavy atom. The van der Waals surface area contributed by atoms with Gasteiger partial charge < -0.3 is 14.9 Å². The van der Waals surface area contributed by atoms with Gasteiger partial charge >= 0.3 is 12.0 Å². The Morgan fingerprint density at radius 3 is 2.47 bits per heavy atom. The first-order valence-electron chi connectivity index (χ1n) is 5.23. The average molecular weight is 214 g/mol. The maximum absolute atomic E-state index is 11.7. The first-order valence-corrected chi connectivity index (χ1v) is 5.23. The molecule has 0 spiro atoms. The lowest BCUT2D eigenvalue weighted by atomic mass is 9.98. The van der Waals surface area contributed by atoms with Gasteiger partial charge in [0, 0.05) is 20.1 Å². The standard InChI is InChI=1S/C10H18N2O3/c1-4-7(2)8(9(13)14)12-6-5-11(3)10(12)15/h7-8H,4-6H2,1-3H3,(H,13,14)/t7-,8-/m0/s1. The Bertz CT molecular complexity index is 267. The molecule has 0 aromatic rings. The molecule has 0 saturated carbocycles. The predicted octanol–water partition coefficient (Wildman–Crippen LogP) is 0.853. The fraction of sp³-hybridized carbons (Fsp3) is 0.800. The third-order valence-electron chi connectivity index (χ3n) is 3.02. The summed E-state index contributed by atoms with van der Waals surface area (Å²) in [5.74, 6) is -0.925. The van der Waals surface area contributed by atoms with Gasteiger partial charge in [-0.1, -0.05) is 20.3 Å². The van der Waals surface area contributed by atoms with E-state index in [1.807, 2.05) is 13.8 Å². The van der Waals surface area contributed by atoms with Crippen molar-refractivity contribution in [1.82, 2.24) is 9.80 Å². The summed E-state index contributed by atoms with van der Waals surface area (Å²) >= 11 is 0. The predicted molar refractivity (Wildman–Crippen MR) is 55.6 cm³/mol. The molecule has 1 aliphatic heterocycles. The minimum atomic E-state index is -0.909. The number of nitrogens with zero attached hydrogens (tertiary/aromatic N) is 2. The molecule has 5 heteroatoms. The van der Waals surface area contributed by atoms with E-state index in [0.29, 0.717) is 13.1 Å². The molecule has 1 N–H and O–H groups in total. The van der Waals surface area contributed by atoms with E-state index in [4.69, 9.17) is 5.11 Å². The lowest BCUT2D eigenvalue weighted by molar-refractivity contribution is -0.143. The number of aliphatic carboxylic acids is 1. The molecule has 0 unspecified atom stereocenters.